The largest absolute Gasteiger partial charge is 0.393 e. The molecule has 0 radical (unpaired) electrons. The Kier molecular flexibility index (Phi) is 4.16. The van der Waals surface area contributed by atoms with Crippen LogP contribution in [-0.4, -0.2) is 18.7 Å². The van der Waals surface area contributed by atoms with Gasteiger partial charge in [-0.2, -0.15) is 0 Å². The van der Waals surface area contributed by atoms with E-state index in [4.69, 9.17) is 29.6 Å². The summed E-state index contributed by atoms with van der Waals surface area (Å²) < 4.78 is 38.8. The minimum absolute atomic E-state index is 0.155. The maximum atomic E-state index is 13.1. The molecule has 3 rings (SSSR count). The van der Waals surface area contributed by atoms with E-state index >= 15 is 0 Å². The van der Waals surface area contributed by atoms with Gasteiger partial charge < -0.3 is 5.73 Å². The number of hydrogen-bond acceptors (Lipinski definition) is 3. The summed E-state index contributed by atoms with van der Waals surface area (Å²) in [4.78, 5) is 0.333. The number of rotatable bonds is 4. The smallest absolute Gasteiger partial charge is 0.182 e. The Morgan fingerprint density at radius 1 is 1.09 bits per heavy atom. The van der Waals surface area contributed by atoms with Gasteiger partial charge in [0.2, 0.25) is 0 Å². The number of benzene rings is 2. The van der Waals surface area contributed by atoms with E-state index in [1.807, 2.05) is 0 Å². The zero-order chi connectivity index (χ0) is 16.8. The molecular formula is C16H13ClFNO2S2. The molecule has 1 aliphatic rings. The lowest BCUT2D eigenvalue weighted by molar-refractivity contribution is 0.593. The van der Waals surface area contributed by atoms with Crippen LogP contribution >= 0.6 is 23.8 Å². The zero-order valence-corrected chi connectivity index (χ0v) is 14.2. The Morgan fingerprint density at radius 2 is 1.65 bits per heavy atom. The molecule has 0 bridgehead atoms. The van der Waals surface area contributed by atoms with Gasteiger partial charge in [-0.1, -0.05) is 36.0 Å². The Bertz CT molecular complexity index is 851. The van der Waals surface area contributed by atoms with Crippen molar-refractivity contribution < 1.29 is 12.8 Å². The first-order valence-electron chi connectivity index (χ1n) is 6.86. The van der Waals surface area contributed by atoms with Gasteiger partial charge in [-0.25, -0.2) is 12.8 Å². The zero-order valence-electron chi connectivity index (χ0n) is 11.8. The fourth-order valence-corrected chi connectivity index (χ4v) is 5.53. The predicted molar refractivity (Wildman–Crippen MR) is 91.8 cm³/mol. The highest BCUT2D eigenvalue weighted by Crippen LogP contribution is 2.54. The molecule has 0 aromatic heterocycles. The summed E-state index contributed by atoms with van der Waals surface area (Å²) in [6, 6.07) is 11.7. The molecule has 23 heavy (non-hydrogen) atoms. The van der Waals surface area contributed by atoms with Crippen molar-refractivity contribution in [2.75, 3.05) is 0 Å². The van der Waals surface area contributed by atoms with Crippen LogP contribution in [0.3, 0.4) is 0 Å². The molecule has 1 aliphatic carbocycles. The van der Waals surface area contributed by atoms with Crippen molar-refractivity contribution in [3.05, 3.63) is 64.9 Å². The molecule has 2 N–H and O–H groups in total. The van der Waals surface area contributed by atoms with Crippen LogP contribution in [-0.2, 0) is 9.84 Å². The highest BCUT2D eigenvalue weighted by Gasteiger charge is 2.60. The van der Waals surface area contributed by atoms with Gasteiger partial charge in [0, 0.05) is 16.9 Å². The van der Waals surface area contributed by atoms with Crippen molar-refractivity contribution in [1.29, 1.82) is 0 Å². The molecule has 1 saturated carbocycles. The summed E-state index contributed by atoms with van der Waals surface area (Å²) in [5, 5.41) is -0.271. The minimum Gasteiger partial charge on any atom is -0.393 e. The van der Waals surface area contributed by atoms with Crippen LogP contribution in [0.15, 0.2) is 53.4 Å². The van der Waals surface area contributed by atoms with Crippen LogP contribution < -0.4 is 5.73 Å². The van der Waals surface area contributed by atoms with Crippen LogP contribution in [0.2, 0.25) is 5.02 Å². The number of halogens is 2. The average molecular weight is 370 g/mol. The molecule has 3 unspecified atom stereocenters. The monoisotopic (exact) mass is 369 g/mol. The van der Waals surface area contributed by atoms with E-state index in [2.05, 4.69) is 0 Å². The van der Waals surface area contributed by atoms with Crippen LogP contribution in [0.5, 0.6) is 0 Å². The standard InChI is InChI=1S/C16H13ClFNO2S2/c17-10-3-7-12(8-4-10)23(20,21)15-13(14(15)16(19)22)9-1-5-11(18)6-2-9/h1-8,13-15H,(H2,19,22). The summed E-state index contributed by atoms with van der Waals surface area (Å²) in [7, 11) is -3.60. The summed E-state index contributed by atoms with van der Waals surface area (Å²) in [6.45, 7) is 0. The van der Waals surface area contributed by atoms with Gasteiger partial charge >= 0.3 is 0 Å². The second kappa shape index (κ2) is 5.85. The van der Waals surface area contributed by atoms with Crippen molar-refractivity contribution in [2.45, 2.75) is 16.1 Å². The van der Waals surface area contributed by atoms with E-state index in [0.29, 0.717) is 10.6 Å². The SMILES string of the molecule is NC(=S)C1C(c2ccc(F)cc2)C1S(=O)(=O)c1ccc(Cl)cc1. The second-order valence-electron chi connectivity index (χ2n) is 5.47. The first-order valence-corrected chi connectivity index (χ1v) is 9.20. The van der Waals surface area contributed by atoms with E-state index in [1.165, 1.54) is 36.4 Å². The summed E-state index contributed by atoms with van der Waals surface area (Å²) in [6.07, 6.45) is 0. The first-order chi connectivity index (χ1) is 10.8. The maximum Gasteiger partial charge on any atom is 0.182 e. The quantitative estimate of drug-likeness (QED) is 0.840. The molecule has 0 aliphatic heterocycles. The van der Waals surface area contributed by atoms with Gasteiger partial charge in [0.05, 0.1) is 15.1 Å². The lowest BCUT2D eigenvalue weighted by Crippen LogP contribution is -2.17. The average Bonchev–Trinajstić information content (AvgIpc) is 3.25. The Balaban J connectivity index is 1.98. The molecule has 0 saturated heterocycles. The molecule has 2 aromatic carbocycles. The molecule has 3 nitrogen and oxygen atoms in total. The molecule has 0 amide bonds. The normalized spacial score (nSPS) is 23.5. The molecule has 0 heterocycles. The fourth-order valence-electron chi connectivity index (χ4n) is 2.87. The van der Waals surface area contributed by atoms with Gasteiger partial charge in [0.25, 0.3) is 0 Å². The predicted octanol–water partition coefficient (Wildman–Crippen LogP) is 3.32. The number of sulfone groups is 1. The minimum atomic E-state index is -3.60. The summed E-state index contributed by atoms with van der Waals surface area (Å²) >= 11 is 10.8. The van der Waals surface area contributed by atoms with Gasteiger partial charge in [0.15, 0.2) is 9.84 Å². The van der Waals surface area contributed by atoms with E-state index in [9.17, 15) is 12.8 Å². The number of hydrogen-bond donors (Lipinski definition) is 1. The maximum absolute atomic E-state index is 13.1. The van der Waals surface area contributed by atoms with Crippen molar-refractivity contribution in [3.63, 3.8) is 0 Å². The van der Waals surface area contributed by atoms with Crippen molar-refractivity contribution in [2.24, 2.45) is 11.7 Å². The van der Waals surface area contributed by atoms with Crippen LogP contribution in [0.4, 0.5) is 4.39 Å². The molecule has 2 aromatic rings. The lowest BCUT2D eigenvalue weighted by atomic mass is 10.1. The van der Waals surface area contributed by atoms with E-state index in [0.717, 1.165) is 0 Å². The molecule has 0 spiro atoms. The third-order valence-electron chi connectivity index (χ3n) is 4.04. The third-order valence-corrected chi connectivity index (χ3v) is 6.79. The molecule has 3 atom stereocenters. The molecule has 120 valence electrons. The highest BCUT2D eigenvalue weighted by molar-refractivity contribution is 7.92. The third kappa shape index (κ3) is 2.98. The Morgan fingerprint density at radius 3 is 2.17 bits per heavy atom. The van der Waals surface area contributed by atoms with Crippen molar-refractivity contribution >= 4 is 38.6 Å². The fraction of sp³-hybridized carbons (Fsp3) is 0.188. The molecule has 7 heteroatoms. The highest BCUT2D eigenvalue weighted by atomic mass is 35.5. The van der Waals surface area contributed by atoms with Crippen LogP contribution in [0.25, 0.3) is 0 Å². The van der Waals surface area contributed by atoms with Gasteiger partial charge in [-0.15, -0.1) is 0 Å². The van der Waals surface area contributed by atoms with Gasteiger partial charge in [-0.05, 0) is 42.0 Å². The number of thiocarbonyl (C=S) groups is 1. The Hall–Kier alpha value is -1.50. The van der Waals surface area contributed by atoms with Crippen molar-refractivity contribution in [3.8, 4) is 0 Å². The Labute approximate surface area is 144 Å². The van der Waals surface area contributed by atoms with Crippen molar-refractivity contribution in [1.82, 2.24) is 0 Å². The molecular weight excluding hydrogens is 357 g/mol. The van der Waals surface area contributed by atoms with Gasteiger partial charge in [-0.3, -0.25) is 0 Å². The molecule has 1 fully saturated rings. The lowest BCUT2D eigenvalue weighted by Gasteiger charge is -2.04. The first kappa shape index (κ1) is 16.4. The second-order valence-corrected chi connectivity index (χ2v) is 8.48. The summed E-state index contributed by atoms with van der Waals surface area (Å²) in [5.74, 6) is -1.18. The number of nitrogens with two attached hydrogens (primary N) is 1. The van der Waals surface area contributed by atoms with Gasteiger partial charge in [0.1, 0.15) is 5.82 Å². The topological polar surface area (TPSA) is 60.2 Å². The van der Waals surface area contributed by atoms with E-state index in [1.54, 1.807) is 12.1 Å². The summed E-state index contributed by atoms with van der Waals surface area (Å²) in [5.41, 5.74) is 6.43. The van der Waals surface area contributed by atoms with Crippen LogP contribution in [0.1, 0.15) is 11.5 Å². The van der Waals surface area contributed by atoms with E-state index in [-0.39, 0.29) is 21.6 Å². The van der Waals surface area contributed by atoms with Crippen LogP contribution in [0, 0.1) is 11.7 Å². The van der Waals surface area contributed by atoms with E-state index < -0.39 is 21.0 Å².